The van der Waals surface area contributed by atoms with Gasteiger partial charge < -0.3 is 10.5 Å². The Labute approximate surface area is 123 Å². The van der Waals surface area contributed by atoms with Crippen LogP contribution in [0, 0.1) is 0 Å². The molecule has 0 bridgehead atoms. The smallest absolute Gasteiger partial charge is 0.328 e. The molecular formula is C13H16ClNO4S. The first-order chi connectivity index (χ1) is 9.22. The van der Waals surface area contributed by atoms with Crippen LogP contribution >= 0.6 is 11.6 Å². The molecule has 0 aromatic heterocycles. The standard InChI is InChI=1S/C13H16ClNO4S/c1-3-19-12(16)13(15)10(11(13)20(2,17)18)8-4-6-9(14)7-5-8/h4-7,10-11H,3,15H2,1-2H3/t10-,11-,13+/m1/s1. The molecule has 2 N–H and O–H groups in total. The zero-order chi connectivity index (χ0) is 15.1. The van der Waals surface area contributed by atoms with Crippen molar-refractivity contribution >= 4 is 27.4 Å². The normalized spacial score (nSPS) is 29.0. The van der Waals surface area contributed by atoms with Crippen LogP contribution in [0.2, 0.25) is 5.02 Å². The van der Waals surface area contributed by atoms with E-state index in [0.29, 0.717) is 10.6 Å². The summed E-state index contributed by atoms with van der Waals surface area (Å²) in [5, 5.41) is -0.431. The fourth-order valence-corrected chi connectivity index (χ4v) is 4.47. The highest BCUT2D eigenvalue weighted by Gasteiger charge is 2.73. The van der Waals surface area contributed by atoms with Crippen molar-refractivity contribution in [2.75, 3.05) is 12.9 Å². The Bertz CT molecular complexity index is 628. The number of nitrogens with two attached hydrogens (primary N) is 1. The maximum Gasteiger partial charge on any atom is 0.328 e. The number of carbonyl (C=O) groups is 1. The third-order valence-electron chi connectivity index (χ3n) is 3.50. The van der Waals surface area contributed by atoms with Crippen LogP contribution in [0.3, 0.4) is 0 Å². The highest BCUT2D eigenvalue weighted by molar-refractivity contribution is 7.91. The van der Waals surface area contributed by atoms with Crippen molar-refractivity contribution in [3.8, 4) is 0 Å². The summed E-state index contributed by atoms with van der Waals surface area (Å²) in [6.07, 6.45) is 1.08. The first-order valence-electron chi connectivity index (χ1n) is 6.13. The van der Waals surface area contributed by atoms with Crippen molar-refractivity contribution in [1.29, 1.82) is 0 Å². The molecule has 0 spiro atoms. The van der Waals surface area contributed by atoms with Crippen molar-refractivity contribution in [2.24, 2.45) is 5.73 Å². The van der Waals surface area contributed by atoms with Gasteiger partial charge in [0.05, 0.1) is 11.9 Å². The van der Waals surface area contributed by atoms with Gasteiger partial charge in [-0.2, -0.15) is 0 Å². The maximum absolute atomic E-state index is 12.0. The van der Waals surface area contributed by atoms with Crippen LogP contribution in [0.25, 0.3) is 0 Å². The van der Waals surface area contributed by atoms with Gasteiger partial charge in [-0.25, -0.2) is 13.2 Å². The Morgan fingerprint density at radius 1 is 1.40 bits per heavy atom. The van der Waals surface area contributed by atoms with Crippen molar-refractivity contribution in [1.82, 2.24) is 0 Å². The summed E-state index contributed by atoms with van der Waals surface area (Å²) in [5.74, 6) is -1.29. The lowest BCUT2D eigenvalue weighted by molar-refractivity contribution is -0.145. The summed E-state index contributed by atoms with van der Waals surface area (Å²) in [6, 6.07) is 6.64. The van der Waals surface area contributed by atoms with Gasteiger partial charge in [0.25, 0.3) is 0 Å². The number of rotatable bonds is 4. The average Bonchev–Trinajstić information content (AvgIpc) is 2.99. The fourth-order valence-electron chi connectivity index (χ4n) is 2.60. The maximum atomic E-state index is 12.0. The molecule has 5 nitrogen and oxygen atoms in total. The minimum Gasteiger partial charge on any atom is -0.465 e. The molecule has 2 rings (SSSR count). The highest BCUT2D eigenvalue weighted by Crippen LogP contribution is 2.54. The van der Waals surface area contributed by atoms with Crippen LogP contribution in [-0.2, 0) is 19.4 Å². The van der Waals surface area contributed by atoms with Crippen LogP contribution in [0.15, 0.2) is 24.3 Å². The Hall–Kier alpha value is -1.11. The second-order valence-electron chi connectivity index (χ2n) is 4.93. The summed E-state index contributed by atoms with van der Waals surface area (Å²) < 4.78 is 28.6. The molecule has 1 aromatic rings. The predicted molar refractivity (Wildman–Crippen MR) is 76.4 cm³/mol. The molecule has 0 radical (unpaired) electrons. The molecule has 0 unspecified atom stereocenters. The van der Waals surface area contributed by atoms with Gasteiger partial charge in [-0.15, -0.1) is 0 Å². The molecule has 0 aliphatic heterocycles. The second kappa shape index (κ2) is 5.02. The first-order valence-corrected chi connectivity index (χ1v) is 8.46. The molecule has 110 valence electrons. The van der Waals surface area contributed by atoms with E-state index in [1.54, 1.807) is 31.2 Å². The minimum absolute atomic E-state index is 0.154. The summed E-state index contributed by atoms with van der Waals surface area (Å²) in [7, 11) is -3.47. The zero-order valence-corrected chi connectivity index (χ0v) is 12.7. The van der Waals surface area contributed by atoms with E-state index in [0.717, 1.165) is 6.26 Å². The Balaban J connectivity index is 2.41. The van der Waals surface area contributed by atoms with Gasteiger partial charge in [-0.1, -0.05) is 23.7 Å². The van der Waals surface area contributed by atoms with Crippen LogP contribution in [-0.4, -0.2) is 38.0 Å². The van der Waals surface area contributed by atoms with Gasteiger partial charge in [0.15, 0.2) is 9.84 Å². The SMILES string of the molecule is CCOC(=O)[C@]1(N)[C@H](c2ccc(Cl)cc2)[C@H]1S(C)(=O)=O. The van der Waals surface area contributed by atoms with E-state index in [1.165, 1.54) is 0 Å². The lowest BCUT2D eigenvalue weighted by Gasteiger charge is -2.10. The number of esters is 1. The van der Waals surface area contributed by atoms with Crippen LogP contribution in [0.4, 0.5) is 0 Å². The van der Waals surface area contributed by atoms with E-state index in [-0.39, 0.29) is 6.61 Å². The topological polar surface area (TPSA) is 86.5 Å². The molecule has 1 saturated carbocycles. The fraction of sp³-hybridized carbons (Fsp3) is 0.462. The van der Waals surface area contributed by atoms with E-state index in [2.05, 4.69) is 0 Å². The molecule has 1 aliphatic carbocycles. The zero-order valence-electron chi connectivity index (χ0n) is 11.2. The average molecular weight is 318 g/mol. The second-order valence-corrected chi connectivity index (χ2v) is 7.54. The third-order valence-corrected chi connectivity index (χ3v) is 5.34. The molecule has 1 fully saturated rings. The van der Waals surface area contributed by atoms with E-state index in [4.69, 9.17) is 22.1 Å². The largest absolute Gasteiger partial charge is 0.465 e. The Kier molecular flexibility index (Phi) is 3.83. The van der Waals surface area contributed by atoms with Crippen LogP contribution < -0.4 is 5.73 Å². The number of halogens is 1. The van der Waals surface area contributed by atoms with E-state index in [9.17, 15) is 13.2 Å². The third kappa shape index (κ3) is 2.43. The lowest BCUT2D eigenvalue weighted by atomic mass is 10.1. The van der Waals surface area contributed by atoms with Gasteiger partial charge in [-0.05, 0) is 24.6 Å². The van der Waals surface area contributed by atoms with Gasteiger partial charge >= 0.3 is 5.97 Å². The molecular weight excluding hydrogens is 302 g/mol. The molecule has 3 atom stereocenters. The molecule has 7 heteroatoms. The molecule has 1 aliphatic rings. The number of carbonyl (C=O) groups excluding carboxylic acids is 1. The minimum atomic E-state index is -3.47. The van der Waals surface area contributed by atoms with E-state index < -0.39 is 32.5 Å². The van der Waals surface area contributed by atoms with E-state index >= 15 is 0 Å². The number of hydrogen-bond acceptors (Lipinski definition) is 5. The summed E-state index contributed by atoms with van der Waals surface area (Å²) in [6.45, 7) is 1.80. The van der Waals surface area contributed by atoms with Crippen LogP contribution in [0.5, 0.6) is 0 Å². The lowest BCUT2D eigenvalue weighted by Crippen LogP contribution is -2.41. The summed E-state index contributed by atoms with van der Waals surface area (Å²) in [4.78, 5) is 12.0. The predicted octanol–water partition coefficient (Wildman–Crippen LogP) is 1.11. The molecule has 0 amide bonds. The Morgan fingerprint density at radius 2 is 1.95 bits per heavy atom. The van der Waals surface area contributed by atoms with Crippen molar-refractivity contribution in [3.63, 3.8) is 0 Å². The van der Waals surface area contributed by atoms with Crippen molar-refractivity contribution in [2.45, 2.75) is 23.6 Å². The summed E-state index contributed by atoms with van der Waals surface area (Å²) in [5.41, 5.74) is 5.18. The van der Waals surface area contributed by atoms with Crippen LogP contribution in [0.1, 0.15) is 18.4 Å². The number of hydrogen-bond donors (Lipinski definition) is 1. The van der Waals surface area contributed by atoms with Crippen molar-refractivity contribution < 1.29 is 17.9 Å². The Morgan fingerprint density at radius 3 is 2.40 bits per heavy atom. The molecule has 1 aromatic carbocycles. The number of ether oxygens (including phenoxy) is 1. The number of benzene rings is 1. The van der Waals surface area contributed by atoms with Gasteiger partial charge in [0.1, 0.15) is 5.54 Å². The van der Waals surface area contributed by atoms with Crippen molar-refractivity contribution in [3.05, 3.63) is 34.9 Å². The monoisotopic (exact) mass is 317 g/mol. The van der Waals surface area contributed by atoms with E-state index in [1.807, 2.05) is 0 Å². The molecule has 0 saturated heterocycles. The highest BCUT2D eigenvalue weighted by atomic mass is 35.5. The van der Waals surface area contributed by atoms with Gasteiger partial charge in [-0.3, -0.25) is 0 Å². The van der Waals surface area contributed by atoms with Gasteiger partial charge in [0.2, 0.25) is 0 Å². The first kappa shape index (κ1) is 15.3. The molecule has 0 heterocycles. The molecule has 20 heavy (non-hydrogen) atoms. The van der Waals surface area contributed by atoms with Gasteiger partial charge in [0, 0.05) is 17.2 Å². The quantitative estimate of drug-likeness (QED) is 0.841. The number of sulfone groups is 1. The summed E-state index contributed by atoms with van der Waals surface area (Å²) >= 11 is 5.81.